The molecule has 10 nitrogen and oxygen atoms in total. The van der Waals surface area contributed by atoms with Crippen molar-refractivity contribution in [2.24, 2.45) is 13.0 Å². The van der Waals surface area contributed by atoms with Crippen molar-refractivity contribution in [1.29, 1.82) is 0 Å². The highest BCUT2D eigenvalue weighted by Gasteiger charge is 2.45. The normalized spacial score (nSPS) is 19.8. The molecule has 1 aromatic carbocycles. The second kappa shape index (κ2) is 12.0. The van der Waals surface area contributed by atoms with E-state index in [-0.39, 0.29) is 35.9 Å². The number of hydrogen-bond acceptors (Lipinski definition) is 7. The average Bonchev–Trinajstić information content (AvgIpc) is 3.51. The highest BCUT2D eigenvalue weighted by Crippen LogP contribution is 2.42. The third kappa shape index (κ3) is 6.05. The van der Waals surface area contributed by atoms with Crippen LogP contribution in [-0.2, 0) is 42.9 Å². The lowest BCUT2D eigenvalue weighted by atomic mass is 9.75. The van der Waals surface area contributed by atoms with Crippen molar-refractivity contribution in [3.05, 3.63) is 64.2 Å². The second-order valence-corrected chi connectivity index (χ2v) is 12.7. The number of anilines is 2. The zero-order chi connectivity index (χ0) is 32.1. The standard InChI is InChI=1S/C31H35ClF3N7O3/c1-4-41(29(32)44)25-10-21(30(16-45-17-30)12-27-38-36-18-39(27)3)11-26(37-25)42-15-23-22(28(42)43)8-20(9-24(23)31(33,34)35)14-40-7-5-6-19(2)13-40/h8-11,18-19H,4-7,12-17H2,1-3H3/t19-/m0/s1. The highest BCUT2D eigenvalue weighted by molar-refractivity contribution is 6.66. The van der Waals surface area contributed by atoms with Gasteiger partial charge in [-0.15, -0.1) is 10.2 Å². The largest absolute Gasteiger partial charge is 0.416 e. The minimum atomic E-state index is -4.65. The monoisotopic (exact) mass is 645 g/mol. The summed E-state index contributed by atoms with van der Waals surface area (Å²) in [5, 5.41) is 7.42. The number of carbonyl (C=O) groups excluding carboxylic acids is 2. The molecule has 0 bridgehead atoms. The van der Waals surface area contributed by atoms with Crippen molar-refractivity contribution in [2.45, 2.75) is 57.8 Å². The summed E-state index contributed by atoms with van der Waals surface area (Å²) in [4.78, 5) is 35.6. The van der Waals surface area contributed by atoms with Crippen LogP contribution >= 0.6 is 11.6 Å². The molecule has 3 aromatic rings. The number of rotatable bonds is 8. The molecule has 0 N–H and O–H groups in total. The molecule has 2 aromatic heterocycles. The molecule has 6 rings (SSSR count). The number of nitrogens with zero attached hydrogens (tertiary/aromatic N) is 7. The Balaban J connectivity index is 1.41. The summed E-state index contributed by atoms with van der Waals surface area (Å²) in [6, 6.07) is 6.18. The Kier molecular flexibility index (Phi) is 8.38. The fourth-order valence-electron chi connectivity index (χ4n) is 6.64. The maximum absolute atomic E-state index is 14.5. The number of halogens is 4. The van der Waals surface area contributed by atoms with Crippen LogP contribution in [0.1, 0.15) is 65.1 Å². The summed E-state index contributed by atoms with van der Waals surface area (Å²) in [5.41, 5.74) is -0.323. The number of likely N-dealkylation sites (tertiary alicyclic amines) is 1. The van der Waals surface area contributed by atoms with Gasteiger partial charge in [0.1, 0.15) is 23.8 Å². The number of aryl methyl sites for hydroxylation is 1. The molecule has 0 radical (unpaired) electrons. The average molecular weight is 646 g/mol. The Hall–Kier alpha value is -3.55. The fraction of sp³-hybridized carbons (Fsp3) is 0.516. The number of amides is 2. The second-order valence-electron chi connectivity index (χ2n) is 12.4. The number of pyridine rings is 1. The van der Waals surface area contributed by atoms with Crippen molar-refractivity contribution in [3.63, 3.8) is 0 Å². The summed E-state index contributed by atoms with van der Waals surface area (Å²) in [6.45, 7) is 6.33. The summed E-state index contributed by atoms with van der Waals surface area (Å²) in [7, 11) is 1.83. The summed E-state index contributed by atoms with van der Waals surface area (Å²) in [6.07, 6.45) is -0.544. The van der Waals surface area contributed by atoms with Gasteiger partial charge in [-0.2, -0.15) is 13.2 Å². The van der Waals surface area contributed by atoms with Crippen molar-refractivity contribution >= 4 is 34.5 Å². The lowest BCUT2D eigenvalue weighted by molar-refractivity contribution is -0.138. The van der Waals surface area contributed by atoms with Gasteiger partial charge in [0.2, 0.25) is 0 Å². The third-order valence-electron chi connectivity index (χ3n) is 9.10. The lowest BCUT2D eigenvalue weighted by Gasteiger charge is -2.42. The van der Waals surface area contributed by atoms with Crippen LogP contribution in [0.4, 0.5) is 29.6 Å². The third-order valence-corrected chi connectivity index (χ3v) is 9.31. The number of aromatic nitrogens is 4. The molecule has 2 amide bonds. The van der Waals surface area contributed by atoms with Gasteiger partial charge in [-0.1, -0.05) is 6.92 Å². The minimum absolute atomic E-state index is 0.0141. The molecule has 0 aliphatic carbocycles. The number of carbonyl (C=O) groups is 2. The first-order valence-corrected chi connectivity index (χ1v) is 15.4. The van der Waals surface area contributed by atoms with Crippen molar-refractivity contribution < 1.29 is 27.5 Å². The van der Waals surface area contributed by atoms with Crippen LogP contribution in [0.3, 0.4) is 0 Å². The molecule has 2 fully saturated rings. The Morgan fingerprint density at radius 2 is 2.00 bits per heavy atom. The van der Waals surface area contributed by atoms with Crippen LogP contribution in [0.15, 0.2) is 30.6 Å². The predicted molar refractivity (Wildman–Crippen MR) is 161 cm³/mol. The molecule has 1 atom stereocenters. The summed E-state index contributed by atoms with van der Waals surface area (Å²) >= 11 is 5.91. The van der Waals surface area contributed by atoms with E-state index in [0.29, 0.717) is 49.0 Å². The first-order valence-electron chi connectivity index (χ1n) is 15.1. The van der Waals surface area contributed by atoms with E-state index in [1.165, 1.54) is 15.9 Å². The molecule has 2 saturated heterocycles. The van der Waals surface area contributed by atoms with Gasteiger partial charge in [-0.05, 0) is 84.8 Å². The fourth-order valence-corrected chi connectivity index (χ4v) is 6.84. The van der Waals surface area contributed by atoms with E-state index in [2.05, 4.69) is 27.0 Å². The quantitative estimate of drug-likeness (QED) is 0.242. The van der Waals surface area contributed by atoms with Gasteiger partial charge >= 0.3 is 11.5 Å². The lowest BCUT2D eigenvalue weighted by Crippen LogP contribution is -2.49. The molecule has 14 heteroatoms. The van der Waals surface area contributed by atoms with Crippen LogP contribution in [0.2, 0.25) is 0 Å². The number of ether oxygens (including phenoxy) is 1. The van der Waals surface area contributed by atoms with Crippen molar-refractivity contribution in [3.8, 4) is 0 Å². The minimum Gasteiger partial charge on any atom is -0.379 e. The maximum Gasteiger partial charge on any atom is 0.416 e. The number of hydrogen-bond donors (Lipinski definition) is 0. The van der Waals surface area contributed by atoms with Gasteiger partial charge < -0.3 is 9.30 Å². The first kappa shape index (κ1) is 31.4. The molecule has 240 valence electrons. The zero-order valence-electron chi connectivity index (χ0n) is 25.4. The van der Waals surface area contributed by atoms with Crippen LogP contribution in [-0.4, -0.2) is 68.8 Å². The topological polar surface area (TPSA) is 96.7 Å². The predicted octanol–water partition coefficient (Wildman–Crippen LogP) is 5.32. The van der Waals surface area contributed by atoms with E-state index in [1.807, 2.05) is 7.05 Å². The van der Waals surface area contributed by atoms with Gasteiger partial charge in [0, 0.05) is 44.1 Å². The number of alkyl halides is 3. The van der Waals surface area contributed by atoms with Crippen molar-refractivity contribution in [2.75, 3.05) is 42.6 Å². The maximum atomic E-state index is 14.5. The van der Waals surface area contributed by atoms with Gasteiger partial charge in [-0.25, -0.2) is 4.98 Å². The van der Waals surface area contributed by atoms with E-state index in [9.17, 15) is 22.8 Å². The number of piperidine rings is 1. The summed E-state index contributed by atoms with van der Waals surface area (Å²) < 4.78 is 50.8. The van der Waals surface area contributed by atoms with E-state index < -0.39 is 28.4 Å². The Labute approximate surface area is 264 Å². The molecule has 0 spiro atoms. The molecular formula is C31H35ClF3N7O3. The summed E-state index contributed by atoms with van der Waals surface area (Å²) in [5.74, 6) is 0.903. The van der Waals surface area contributed by atoms with E-state index in [0.717, 1.165) is 25.9 Å². The van der Waals surface area contributed by atoms with Crippen molar-refractivity contribution in [1.82, 2.24) is 24.6 Å². The molecular weight excluding hydrogens is 611 g/mol. The SMILES string of the molecule is CCN(C(=O)Cl)c1cc(C2(Cc3nncn3C)COC2)cc(N2Cc3c(cc(CN4CCC[C@H](C)C4)cc3C(F)(F)F)C2=O)n1. The number of fused-ring (bicyclic) bond motifs is 1. The first-order chi connectivity index (χ1) is 21.4. The molecule has 0 saturated carbocycles. The smallest absolute Gasteiger partial charge is 0.379 e. The zero-order valence-corrected chi connectivity index (χ0v) is 26.2. The van der Waals surface area contributed by atoms with Crippen LogP contribution in [0, 0.1) is 5.92 Å². The van der Waals surface area contributed by atoms with Gasteiger partial charge in [0.25, 0.3) is 5.91 Å². The Bertz CT molecular complexity index is 1620. The van der Waals surface area contributed by atoms with E-state index in [1.54, 1.807) is 36.0 Å². The van der Waals surface area contributed by atoms with Gasteiger partial charge in [0.05, 0.1) is 25.3 Å². The highest BCUT2D eigenvalue weighted by atomic mass is 35.5. The number of benzene rings is 1. The molecule has 3 aliphatic rings. The van der Waals surface area contributed by atoms with Gasteiger partial charge in [0.15, 0.2) is 0 Å². The molecule has 3 aliphatic heterocycles. The van der Waals surface area contributed by atoms with E-state index in [4.69, 9.17) is 16.3 Å². The molecule has 0 unspecified atom stereocenters. The van der Waals surface area contributed by atoms with Gasteiger partial charge in [-0.3, -0.25) is 24.3 Å². The molecule has 5 heterocycles. The van der Waals surface area contributed by atoms with E-state index >= 15 is 0 Å². The molecule has 45 heavy (non-hydrogen) atoms. The Morgan fingerprint density at radius 3 is 2.60 bits per heavy atom. The van der Waals surface area contributed by atoms with Crippen LogP contribution in [0.5, 0.6) is 0 Å². The Morgan fingerprint density at radius 1 is 1.22 bits per heavy atom. The van der Waals surface area contributed by atoms with Crippen LogP contribution < -0.4 is 9.80 Å². The van der Waals surface area contributed by atoms with Crippen LogP contribution in [0.25, 0.3) is 0 Å².